The smallest absolute Gasteiger partial charge is 0.356 e. The molecule has 0 aromatic rings. The average molecular weight is 237 g/mol. The first-order valence-electron chi connectivity index (χ1n) is 5.02. The molecule has 0 bridgehead atoms. The summed E-state index contributed by atoms with van der Waals surface area (Å²) in [5.41, 5.74) is 0. The molecule has 0 radical (unpaired) electrons. The van der Waals surface area contributed by atoms with Gasteiger partial charge in [-0.25, -0.2) is 4.79 Å². The highest BCUT2D eigenvalue weighted by Crippen LogP contribution is 1.88. The van der Waals surface area contributed by atoms with Gasteiger partial charge in [0, 0.05) is 6.61 Å². The van der Waals surface area contributed by atoms with Gasteiger partial charge in [-0.3, -0.25) is 0 Å². The van der Waals surface area contributed by atoms with Crippen molar-refractivity contribution in [1.29, 1.82) is 0 Å². The Morgan fingerprint density at radius 3 is 2.27 bits per heavy atom. The summed E-state index contributed by atoms with van der Waals surface area (Å²) in [6.07, 6.45) is 4.03. The highest BCUT2D eigenvalue weighted by molar-refractivity contribution is 7.96. The molecular weight excluding hydrogens is 216 g/mol. The predicted molar refractivity (Wildman–Crippen MR) is 62.4 cm³/mol. The molecule has 0 atom stereocenters. The summed E-state index contributed by atoms with van der Waals surface area (Å²) >= 11 is 0. The van der Waals surface area contributed by atoms with Gasteiger partial charge < -0.3 is 14.2 Å². The molecule has 4 nitrogen and oxygen atoms in total. The number of hydrogen-bond acceptors (Lipinski definition) is 4. The van der Waals surface area contributed by atoms with Crippen LogP contribution >= 0.6 is 0 Å². The molecule has 0 rings (SSSR count). The molecule has 0 saturated heterocycles. The maximum absolute atomic E-state index is 11.1. The minimum atomic E-state index is -0.142. The lowest BCUT2D eigenvalue weighted by Crippen LogP contribution is -2.19. The van der Waals surface area contributed by atoms with E-state index in [9.17, 15) is 4.79 Å². The minimum absolute atomic E-state index is 0.107. The van der Waals surface area contributed by atoms with Crippen LogP contribution in [0.1, 0.15) is 6.92 Å². The number of carbonyl (C=O) groups excluding carboxylic acids is 1. The van der Waals surface area contributed by atoms with E-state index in [4.69, 9.17) is 14.2 Å². The van der Waals surface area contributed by atoms with E-state index >= 15 is 0 Å². The lowest BCUT2D eigenvalue weighted by Gasteiger charge is -2.05. The zero-order valence-electron chi connectivity index (χ0n) is 9.78. The first kappa shape index (κ1) is 14.7. The van der Waals surface area contributed by atoms with E-state index in [-0.39, 0.29) is 16.9 Å². The second kappa shape index (κ2) is 10.3. The topological polar surface area (TPSA) is 44.8 Å². The summed E-state index contributed by atoms with van der Waals surface area (Å²) in [5.74, 6) is 0.357. The standard InChI is InChI=1S/C10H21O4S/c1-4-12-5-6-13-7-8-14-10(11)9-15(2)3/h4-9H2,1-3H3/q+1. The highest BCUT2D eigenvalue weighted by atomic mass is 32.2. The minimum Gasteiger partial charge on any atom is -0.460 e. The van der Waals surface area contributed by atoms with E-state index in [0.717, 1.165) is 0 Å². The normalized spacial score (nSPS) is 10.7. The summed E-state index contributed by atoms with van der Waals surface area (Å²) < 4.78 is 15.2. The third-order valence-corrected chi connectivity index (χ3v) is 2.29. The maximum atomic E-state index is 11.1. The number of rotatable bonds is 9. The van der Waals surface area contributed by atoms with Crippen LogP contribution in [0.3, 0.4) is 0 Å². The Balaban J connectivity index is 3.13. The molecule has 0 aromatic carbocycles. The van der Waals surface area contributed by atoms with Crippen LogP contribution in [-0.2, 0) is 29.9 Å². The van der Waals surface area contributed by atoms with Crippen molar-refractivity contribution < 1.29 is 19.0 Å². The molecule has 0 aliphatic heterocycles. The van der Waals surface area contributed by atoms with E-state index in [1.807, 2.05) is 19.4 Å². The van der Waals surface area contributed by atoms with Gasteiger partial charge in [-0.15, -0.1) is 0 Å². The molecule has 0 aliphatic carbocycles. The largest absolute Gasteiger partial charge is 0.460 e. The second-order valence-corrected chi connectivity index (χ2v) is 5.42. The Kier molecular flexibility index (Phi) is 10.1. The van der Waals surface area contributed by atoms with E-state index in [1.54, 1.807) is 0 Å². The Morgan fingerprint density at radius 1 is 1.07 bits per heavy atom. The van der Waals surface area contributed by atoms with Crippen LogP contribution in [0.2, 0.25) is 0 Å². The van der Waals surface area contributed by atoms with Crippen LogP contribution in [0.4, 0.5) is 0 Å². The van der Waals surface area contributed by atoms with Gasteiger partial charge in [-0.05, 0) is 17.8 Å². The van der Waals surface area contributed by atoms with Crippen LogP contribution in [0, 0.1) is 0 Å². The van der Waals surface area contributed by atoms with Crippen molar-refractivity contribution in [2.45, 2.75) is 6.92 Å². The van der Waals surface area contributed by atoms with Crippen molar-refractivity contribution >= 4 is 16.9 Å². The molecule has 5 heteroatoms. The molecule has 0 N–H and O–H groups in total. The summed E-state index contributed by atoms with van der Waals surface area (Å²) in [5, 5.41) is 0. The van der Waals surface area contributed by atoms with Crippen LogP contribution in [-0.4, -0.2) is 57.3 Å². The van der Waals surface area contributed by atoms with Crippen LogP contribution < -0.4 is 0 Å². The Bertz CT molecular complexity index is 162. The molecule has 0 amide bonds. The van der Waals surface area contributed by atoms with Crippen molar-refractivity contribution in [3.05, 3.63) is 0 Å². The molecule has 0 heterocycles. The van der Waals surface area contributed by atoms with Crippen LogP contribution in [0.25, 0.3) is 0 Å². The first-order valence-corrected chi connectivity index (χ1v) is 7.23. The zero-order valence-corrected chi connectivity index (χ0v) is 10.6. The molecule has 0 saturated carbocycles. The predicted octanol–water partition coefficient (Wildman–Crippen LogP) is 0.461. The van der Waals surface area contributed by atoms with Gasteiger partial charge in [0.15, 0.2) is 0 Å². The van der Waals surface area contributed by atoms with Gasteiger partial charge in [0.2, 0.25) is 5.75 Å². The van der Waals surface area contributed by atoms with Crippen molar-refractivity contribution in [3.63, 3.8) is 0 Å². The van der Waals surface area contributed by atoms with Crippen LogP contribution in [0.15, 0.2) is 0 Å². The number of ether oxygens (including phenoxy) is 3. The number of carbonyl (C=O) groups is 1. The average Bonchev–Trinajstić information content (AvgIpc) is 2.15. The lowest BCUT2D eigenvalue weighted by molar-refractivity contribution is -0.142. The molecular formula is C10H21O4S+. The number of esters is 1. The Morgan fingerprint density at radius 2 is 1.67 bits per heavy atom. The van der Waals surface area contributed by atoms with Crippen molar-refractivity contribution in [1.82, 2.24) is 0 Å². The van der Waals surface area contributed by atoms with E-state index in [2.05, 4.69) is 0 Å². The summed E-state index contributed by atoms with van der Waals surface area (Å²) in [7, 11) is 0.107. The fraction of sp³-hybridized carbons (Fsp3) is 0.900. The molecule has 0 unspecified atom stereocenters. The molecule has 0 fully saturated rings. The molecule has 0 aliphatic rings. The maximum Gasteiger partial charge on any atom is 0.356 e. The van der Waals surface area contributed by atoms with Gasteiger partial charge >= 0.3 is 5.97 Å². The summed E-state index contributed by atoms with van der Waals surface area (Å²) in [6, 6.07) is 0. The zero-order chi connectivity index (χ0) is 11.5. The highest BCUT2D eigenvalue weighted by Gasteiger charge is 2.11. The SMILES string of the molecule is CCOCCOCCOC(=O)C[S+](C)C. The third kappa shape index (κ3) is 11.7. The molecule has 15 heavy (non-hydrogen) atoms. The third-order valence-electron chi connectivity index (χ3n) is 1.47. The second-order valence-electron chi connectivity index (χ2n) is 3.16. The van der Waals surface area contributed by atoms with Gasteiger partial charge in [-0.1, -0.05) is 0 Å². The van der Waals surface area contributed by atoms with Gasteiger partial charge in [0.05, 0.1) is 32.3 Å². The molecule has 0 spiro atoms. The van der Waals surface area contributed by atoms with Gasteiger partial charge in [-0.2, -0.15) is 0 Å². The lowest BCUT2D eigenvalue weighted by atomic mass is 10.7. The quantitative estimate of drug-likeness (QED) is 0.332. The Hall–Kier alpha value is -0.260. The summed E-state index contributed by atoms with van der Waals surface area (Å²) in [6.45, 7) is 4.57. The van der Waals surface area contributed by atoms with Crippen molar-refractivity contribution in [3.8, 4) is 0 Å². The van der Waals surface area contributed by atoms with Gasteiger partial charge in [0.1, 0.15) is 6.61 Å². The van der Waals surface area contributed by atoms with Crippen molar-refractivity contribution in [2.75, 3.05) is 51.3 Å². The monoisotopic (exact) mass is 237 g/mol. The fourth-order valence-corrected chi connectivity index (χ4v) is 1.41. The Labute approximate surface area is 94.6 Å². The van der Waals surface area contributed by atoms with E-state index < -0.39 is 0 Å². The van der Waals surface area contributed by atoms with Crippen LogP contribution in [0.5, 0.6) is 0 Å². The van der Waals surface area contributed by atoms with Gasteiger partial charge in [0.25, 0.3) is 0 Å². The van der Waals surface area contributed by atoms with E-state index in [0.29, 0.717) is 38.8 Å². The van der Waals surface area contributed by atoms with Crippen molar-refractivity contribution in [2.24, 2.45) is 0 Å². The first-order chi connectivity index (χ1) is 7.16. The molecule has 90 valence electrons. The fourth-order valence-electron chi connectivity index (χ4n) is 0.856. The van der Waals surface area contributed by atoms with E-state index in [1.165, 1.54) is 0 Å². The summed E-state index contributed by atoms with van der Waals surface area (Å²) in [4.78, 5) is 11.1. The number of hydrogen-bond donors (Lipinski definition) is 0. The molecule has 0 aromatic heterocycles.